The van der Waals surface area contributed by atoms with E-state index in [1.807, 2.05) is 18.5 Å². The molecule has 0 saturated carbocycles. The van der Waals surface area contributed by atoms with Gasteiger partial charge in [0.15, 0.2) is 0 Å². The largest absolute Gasteiger partial charge is 0.303 e. The van der Waals surface area contributed by atoms with Crippen LogP contribution in [0.2, 0.25) is 0 Å². The molecule has 0 amide bonds. The van der Waals surface area contributed by atoms with Crippen molar-refractivity contribution in [2.24, 2.45) is 0 Å². The third-order valence-electron chi connectivity index (χ3n) is 3.64. The van der Waals surface area contributed by atoms with Crippen LogP contribution in [0.25, 0.3) is 6.20 Å². The number of hydrogen-bond acceptors (Lipinski definition) is 2. The molecule has 1 heterocycles. The highest BCUT2D eigenvalue weighted by molar-refractivity contribution is 5.24. The molecule has 0 aliphatic carbocycles. The van der Waals surface area contributed by atoms with E-state index in [1.54, 1.807) is 10.9 Å². The van der Waals surface area contributed by atoms with Crippen LogP contribution >= 0.6 is 0 Å². The van der Waals surface area contributed by atoms with Gasteiger partial charge < -0.3 is 5.32 Å². The molecule has 0 radical (unpaired) electrons. The highest BCUT2D eigenvalue weighted by atomic mass is 15.2. The number of aromatic nitrogens is 2. The summed E-state index contributed by atoms with van der Waals surface area (Å²) in [5.41, 5.74) is 2.46. The average Bonchev–Trinajstić information content (AvgIpc) is 2.94. The van der Waals surface area contributed by atoms with E-state index in [4.69, 9.17) is 0 Å². The number of hydrogen-bond donors (Lipinski definition) is 1. The zero-order valence-corrected chi connectivity index (χ0v) is 11.6. The van der Waals surface area contributed by atoms with Crippen molar-refractivity contribution < 1.29 is 0 Å². The summed E-state index contributed by atoms with van der Waals surface area (Å²) < 4.78 is 1.73. The molecule has 1 N–H and O–H groups in total. The Hall–Kier alpha value is -1.87. The van der Waals surface area contributed by atoms with Crippen LogP contribution in [-0.4, -0.2) is 9.78 Å². The van der Waals surface area contributed by atoms with Gasteiger partial charge in [0, 0.05) is 30.0 Å². The molecule has 19 heavy (non-hydrogen) atoms. The van der Waals surface area contributed by atoms with Gasteiger partial charge in [0.25, 0.3) is 0 Å². The molecule has 0 spiro atoms. The van der Waals surface area contributed by atoms with Gasteiger partial charge in [-0.15, -0.1) is 0 Å². The van der Waals surface area contributed by atoms with Crippen molar-refractivity contribution in [1.82, 2.24) is 15.1 Å². The topological polar surface area (TPSA) is 29.9 Å². The van der Waals surface area contributed by atoms with Gasteiger partial charge in [0.1, 0.15) is 0 Å². The second-order valence-corrected chi connectivity index (χ2v) is 4.92. The van der Waals surface area contributed by atoms with E-state index in [2.05, 4.69) is 55.1 Å². The maximum atomic E-state index is 4.19. The van der Waals surface area contributed by atoms with E-state index < -0.39 is 0 Å². The molecule has 0 aliphatic heterocycles. The van der Waals surface area contributed by atoms with Crippen molar-refractivity contribution in [1.29, 1.82) is 0 Å². The summed E-state index contributed by atoms with van der Waals surface area (Å²) in [6.07, 6.45) is 6.59. The molecule has 1 aromatic heterocycles. The van der Waals surface area contributed by atoms with Crippen LogP contribution in [0, 0.1) is 0 Å². The Morgan fingerprint density at radius 1 is 1.37 bits per heavy atom. The Labute approximate surface area is 115 Å². The molecular formula is C16H21N3. The van der Waals surface area contributed by atoms with Crippen LogP contribution in [0.15, 0.2) is 49.3 Å². The van der Waals surface area contributed by atoms with Gasteiger partial charge in [0.05, 0.1) is 6.20 Å². The number of benzene rings is 1. The average molecular weight is 255 g/mol. The van der Waals surface area contributed by atoms with Crippen molar-refractivity contribution in [3.05, 3.63) is 60.4 Å². The van der Waals surface area contributed by atoms with Crippen LogP contribution in [0.5, 0.6) is 0 Å². The quantitative estimate of drug-likeness (QED) is 0.857. The highest BCUT2D eigenvalue weighted by Crippen LogP contribution is 2.24. The van der Waals surface area contributed by atoms with E-state index in [9.17, 15) is 0 Å². The monoisotopic (exact) mass is 255 g/mol. The van der Waals surface area contributed by atoms with Crippen LogP contribution in [0.3, 0.4) is 0 Å². The summed E-state index contributed by atoms with van der Waals surface area (Å²) in [5.74, 6) is 0. The van der Waals surface area contributed by atoms with Crippen molar-refractivity contribution in [2.45, 2.75) is 32.4 Å². The SMILES string of the molecule is C=Cn1cc(CN[C@](C)(CC)c2ccccc2)cn1. The van der Waals surface area contributed by atoms with E-state index in [0.29, 0.717) is 0 Å². The Balaban J connectivity index is 2.08. The maximum absolute atomic E-state index is 4.19. The van der Waals surface area contributed by atoms with Crippen molar-refractivity contribution >= 4 is 6.20 Å². The van der Waals surface area contributed by atoms with Crippen molar-refractivity contribution in [3.8, 4) is 0 Å². The molecule has 1 aromatic carbocycles. The van der Waals surface area contributed by atoms with Gasteiger partial charge in [-0.25, -0.2) is 4.68 Å². The fourth-order valence-corrected chi connectivity index (χ4v) is 2.10. The lowest BCUT2D eigenvalue weighted by Gasteiger charge is -2.30. The Kier molecular flexibility index (Phi) is 4.17. The van der Waals surface area contributed by atoms with Crippen LogP contribution in [-0.2, 0) is 12.1 Å². The second kappa shape index (κ2) is 5.85. The first kappa shape index (κ1) is 13.6. The molecule has 0 bridgehead atoms. The highest BCUT2D eigenvalue weighted by Gasteiger charge is 2.23. The Morgan fingerprint density at radius 3 is 2.68 bits per heavy atom. The van der Waals surface area contributed by atoms with Gasteiger partial charge in [0.2, 0.25) is 0 Å². The summed E-state index contributed by atoms with van der Waals surface area (Å²) >= 11 is 0. The third-order valence-corrected chi connectivity index (χ3v) is 3.64. The zero-order valence-electron chi connectivity index (χ0n) is 11.6. The molecule has 2 aromatic rings. The molecule has 0 unspecified atom stereocenters. The molecule has 3 heteroatoms. The minimum Gasteiger partial charge on any atom is -0.303 e. The van der Waals surface area contributed by atoms with Crippen LogP contribution in [0.4, 0.5) is 0 Å². The smallest absolute Gasteiger partial charge is 0.0538 e. The lowest BCUT2D eigenvalue weighted by Crippen LogP contribution is -2.38. The molecule has 3 nitrogen and oxygen atoms in total. The lowest BCUT2D eigenvalue weighted by molar-refractivity contribution is 0.351. The number of rotatable bonds is 6. The molecule has 0 fully saturated rings. The van der Waals surface area contributed by atoms with Gasteiger partial charge >= 0.3 is 0 Å². The van der Waals surface area contributed by atoms with E-state index in [1.165, 1.54) is 5.56 Å². The fraction of sp³-hybridized carbons (Fsp3) is 0.312. The molecular weight excluding hydrogens is 234 g/mol. The predicted octanol–water partition coefficient (Wildman–Crippen LogP) is 3.40. The standard InChI is InChI=1S/C16H21N3/c1-4-16(3,15-9-7-6-8-10-15)17-11-14-12-18-19(5-2)13-14/h5-10,12-13,17H,2,4,11H2,1,3H3/t16-/m1/s1. The van der Waals surface area contributed by atoms with Gasteiger partial charge in [-0.2, -0.15) is 5.10 Å². The zero-order chi connectivity index (χ0) is 13.7. The third kappa shape index (κ3) is 3.12. The first-order valence-corrected chi connectivity index (χ1v) is 6.64. The summed E-state index contributed by atoms with van der Waals surface area (Å²) in [6, 6.07) is 10.6. The Morgan fingerprint density at radius 2 is 2.11 bits per heavy atom. The predicted molar refractivity (Wildman–Crippen MR) is 79.5 cm³/mol. The lowest BCUT2D eigenvalue weighted by atomic mass is 9.89. The van der Waals surface area contributed by atoms with E-state index >= 15 is 0 Å². The van der Waals surface area contributed by atoms with Crippen molar-refractivity contribution in [3.63, 3.8) is 0 Å². The first-order chi connectivity index (χ1) is 9.18. The molecule has 0 aliphatic rings. The second-order valence-electron chi connectivity index (χ2n) is 4.92. The maximum Gasteiger partial charge on any atom is 0.0538 e. The van der Waals surface area contributed by atoms with E-state index in [0.717, 1.165) is 18.5 Å². The summed E-state index contributed by atoms with van der Waals surface area (Å²) in [7, 11) is 0. The first-order valence-electron chi connectivity index (χ1n) is 6.64. The molecule has 2 rings (SSSR count). The van der Waals surface area contributed by atoms with Gasteiger partial charge in [-0.1, -0.05) is 43.8 Å². The van der Waals surface area contributed by atoms with E-state index in [-0.39, 0.29) is 5.54 Å². The molecule has 0 saturated heterocycles. The van der Waals surface area contributed by atoms with Crippen molar-refractivity contribution in [2.75, 3.05) is 0 Å². The van der Waals surface area contributed by atoms with Crippen LogP contribution in [0.1, 0.15) is 31.4 Å². The fourth-order valence-electron chi connectivity index (χ4n) is 2.10. The number of nitrogens with zero attached hydrogens (tertiary/aromatic N) is 2. The summed E-state index contributed by atoms with van der Waals surface area (Å²) in [5, 5.41) is 7.82. The minimum atomic E-state index is -0.0163. The minimum absolute atomic E-state index is 0.0163. The van der Waals surface area contributed by atoms with Gasteiger partial charge in [-0.3, -0.25) is 0 Å². The van der Waals surface area contributed by atoms with Gasteiger partial charge in [-0.05, 0) is 18.9 Å². The summed E-state index contributed by atoms with van der Waals surface area (Å²) in [6.45, 7) is 8.93. The number of nitrogens with one attached hydrogen (secondary N) is 1. The summed E-state index contributed by atoms with van der Waals surface area (Å²) in [4.78, 5) is 0. The molecule has 100 valence electrons. The van der Waals surface area contributed by atoms with Crippen LogP contribution < -0.4 is 5.32 Å². The molecule has 1 atom stereocenters. The Bertz CT molecular complexity index is 530. The normalized spacial score (nSPS) is 14.0.